The van der Waals surface area contributed by atoms with Crippen LogP contribution in [0, 0.1) is 6.92 Å². The molecule has 0 aliphatic carbocycles. The fourth-order valence-corrected chi connectivity index (χ4v) is 3.90. The Kier molecular flexibility index (Phi) is 4.61. The molecule has 0 atom stereocenters. The summed E-state index contributed by atoms with van der Waals surface area (Å²) in [6.45, 7) is 6.43. The van der Waals surface area contributed by atoms with Gasteiger partial charge in [-0.15, -0.1) is 11.3 Å². The second-order valence-electron chi connectivity index (χ2n) is 6.49. The van der Waals surface area contributed by atoms with Crippen molar-refractivity contribution in [2.24, 2.45) is 0 Å². The highest BCUT2D eigenvalue weighted by molar-refractivity contribution is 7.14. The van der Waals surface area contributed by atoms with E-state index in [-0.39, 0.29) is 5.91 Å². The van der Waals surface area contributed by atoms with Crippen LogP contribution in [0.4, 0.5) is 11.8 Å². The number of aryl methyl sites for hydroxylation is 1. The van der Waals surface area contributed by atoms with Crippen LogP contribution in [0.1, 0.15) is 11.8 Å². The molecule has 8 nitrogen and oxygen atoms in total. The zero-order valence-electron chi connectivity index (χ0n) is 15.6. The molecule has 0 radical (unpaired) electrons. The molecular formula is C18H21N7OS. The quantitative estimate of drug-likeness (QED) is 0.741. The Hall–Kier alpha value is -2.81. The second-order valence-corrected chi connectivity index (χ2v) is 7.72. The monoisotopic (exact) mass is 383 g/mol. The van der Waals surface area contributed by atoms with Gasteiger partial charge >= 0.3 is 0 Å². The highest BCUT2D eigenvalue weighted by atomic mass is 32.1. The molecule has 0 saturated carbocycles. The Morgan fingerprint density at radius 1 is 1.15 bits per heavy atom. The number of rotatable bonds is 3. The molecule has 3 aromatic heterocycles. The van der Waals surface area contributed by atoms with Crippen LogP contribution < -0.4 is 10.2 Å². The molecule has 1 saturated heterocycles. The van der Waals surface area contributed by atoms with E-state index in [0.717, 1.165) is 26.7 Å². The number of amides is 1. The predicted octanol–water partition coefficient (Wildman–Crippen LogP) is 2.17. The van der Waals surface area contributed by atoms with Gasteiger partial charge in [-0.2, -0.15) is 9.97 Å². The van der Waals surface area contributed by atoms with Gasteiger partial charge in [-0.25, -0.2) is 9.97 Å². The standard InChI is InChI=1S/C18H21N7OS/c1-11-9-21-17(27-11)13-8-14-15(19-3)22-18(23-16(14)20-10-13)25-6-4-24(5-7-25)12(2)26/h8-10H,4-7H2,1-3H3,(H,19,20,22,23). The van der Waals surface area contributed by atoms with E-state index in [4.69, 9.17) is 4.98 Å². The maximum absolute atomic E-state index is 11.5. The summed E-state index contributed by atoms with van der Waals surface area (Å²) < 4.78 is 0. The smallest absolute Gasteiger partial charge is 0.229 e. The largest absolute Gasteiger partial charge is 0.372 e. The lowest BCUT2D eigenvalue weighted by Crippen LogP contribution is -2.48. The van der Waals surface area contributed by atoms with Crippen molar-refractivity contribution in [3.63, 3.8) is 0 Å². The lowest BCUT2D eigenvalue weighted by molar-refractivity contribution is -0.129. The number of nitrogens with zero attached hydrogens (tertiary/aromatic N) is 6. The third-order valence-corrected chi connectivity index (χ3v) is 5.61. The van der Waals surface area contributed by atoms with Crippen LogP contribution >= 0.6 is 11.3 Å². The number of pyridine rings is 1. The number of hydrogen-bond acceptors (Lipinski definition) is 8. The number of anilines is 2. The summed E-state index contributed by atoms with van der Waals surface area (Å²) in [6.07, 6.45) is 3.67. The molecule has 1 aliphatic rings. The SMILES string of the molecule is CNc1nc(N2CCN(C(C)=O)CC2)nc2ncc(-c3ncc(C)s3)cc12. The van der Waals surface area contributed by atoms with Gasteiger partial charge in [-0.1, -0.05) is 0 Å². The molecule has 1 fully saturated rings. The summed E-state index contributed by atoms with van der Waals surface area (Å²) in [7, 11) is 1.85. The molecule has 4 heterocycles. The van der Waals surface area contributed by atoms with Gasteiger partial charge in [0.05, 0.1) is 5.39 Å². The number of hydrogen-bond donors (Lipinski definition) is 1. The molecule has 0 unspecified atom stereocenters. The van der Waals surface area contributed by atoms with E-state index in [1.54, 1.807) is 18.3 Å². The van der Waals surface area contributed by atoms with Crippen molar-refractivity contribution in [3.8, 4) is 10.6 Å². The third-order valence-electron chi connectivity index (χ3n) is 4.65. The van der Waals surface area contributed by atoms with Crippen LogP contribution in [0.25, 0.3) is 21.6 Å². The van der Waals surface area contributed by atoms with Gasteiger partial charge in [-0.05, 0) is 13.0 Å². The van der Waals surface area contributed by atoms with Crippen molar-refractivity contribution >= 4 is 40.0 Å². The van der Waals surface area contributed by atoms with E-state index in [9.17, 15) is 4.79 Å². The summed E-state index contributed by atoms with van der Waals surface area (Å²) in [4.78, 5) is 35.0. The molecule has 0 spiro atoms. The van der Waals surface area contributed by atoms with Crippen molar-refractivity contribution in [2.45, 2.75) is 13.8 Å². The van der Waals surface area contributed by atoms with Crippen LogP contribution in [0.3, 0.4) is 0 Å². The van der Waals surface area contributed by atoms with Crippen LogP contribution in [-0.4, -0.2) is 64.0 Å². The molecule has 0 bridgehead atoms. The predicted molar refractivity (Wildman–Crippen MR) is 107 cm³/mol. The van der Waals surface area contributed by atoms with Gasteiger partial charge in [0.15, 0.2) is 5.65 Å². The Bertz CT molecular complexity index is 995. The van der Waals surface area contributed by atoms with E-state index in [0.29, 0.717) is 37.8 Å². The van der Waals surface area contributed by atoms with Gasteiger partial charge in [0.2, 0.25) is 11.9 Å². The summed E-state index contributed by atoms with van der Waals surface area (Å²) >= 11 is 1.64. The summed E-state index contributed by atoms with van der Waals surface area (Å²) in [5.41, 5.74) is 1.61. The number of aromatic nitrogens is 4. The minimum atomic E-state index is 0.108. The lowest BCUT2D eigenvalue weighted by Gasteiger charge is -2.34. The molecule has 4 rings (SSSR count). The van der Waals surface area contributed by atoms with Crippen molar-refractivity contribution in [1.82, 2.24) is 24.8 Å². The Morgan fingerprint density at radius 3 is 2.56 bits per heavy atom. The van der Waals surface area contributed by atoms with Crippen molar-refractivity contribution in [3.05, 3.63) is 23.3 Å². The molecule has 1 aliphatic heterocycles. The number of fused-ring (bicyclic) bond motifs is 1. The summed E-state index contributed by atoms with van der Waals surface area (Å²) in [5.74, 6) is 1.49. The van der Waals surface area contributed by atoms with Gasteiger partial charge in [-0.3, -0.25) is 4.79 Å². The first-order valence-electron chi connectivity index (χ1n) is 8.84. The van der Waals surface area contributed by atoms with Crippen LogP contribution in [0.5, 0.6) is 0 Å². The molecule has 1 N–H and O–H groups in total. The molecule has 27 heavy (non-hydrogen) atoms. The zero-order valence-corrected chi connectivity index (χ0v) is 16.4. The fourth-order valence-electron chi connectivity index (χ4n) is 3.16. The average Bonchev–Trinajstić information content (AvgIpc) is 3.13. The van der Waals surface area contributed by atoms with Crippen molar-refractivity contribution in [2.75, 3.05) is 43.4 Å². The first kappa shape index (κ1) is 17.6. The van der Waals surface area contributed by atoms with Gasteiger partial charge in [0.1, 0.15) is 10.8 Å². The van der Waals surface area contributed by atoms with Gasteiger partial charge in [0, 0.05) is 63.0 Å². The molecular weight excluding hydrogens is 362 g/mol. The Morgan fingerprint density at radius 2 is 1.93 bits per heavy atom. The summed E-state index contributed by atoms with van der Waals surface area (Å²) in [6, 6.07) is 2.03. The Labute approximate surface area is 161 Å². The van der Waals surface area contributed by atoms with E-state index in [1.165, 1.54) is 0 Å². The molecule has 0 aromatic carbocycles. The highest BCUT2D eigenvalue weighted by Crippen LogP contribution is 2.29. The van der Waals surface area contributed by atoms with Crippen LogP contribution in [0.2, 0.25) is 0 Å². The van der Waals surface area contributed by atoms with Gasteiger partial charge in [0.25, 0.3) is 0 Å². The maximum Gasteiger partial charge on any atom is 0.229 e. The van der Waals surface area contributed by atoms with Crippen LogP contribution in [-0.2, 0) is 4.79 Å². The van der Waals surface area contributed by atoms with Gasteiger partial charge < -0.3 is 15.1 Å². The third kappa shape index (κ3) is 3.42. The normalized spacial score (nSPS) is 14.6. The number of nitrogens with one attached hydrogen (secondary N) is 1. The topological polar surface area (TPSA) is 87.1 Å². The molecule has 1 amide bonds. The van der Waals surface area contributed by atoms with E-state index >= 15 is 0 Å². The average molecular weight is 383 g/mol. The molecule has 3 aromatic rings. The van der Waals surface area contributed by atoms with Crippen LogP contribution in [0.15, 0.2) is 18.5 Å². The summed E-state index contributed by atoms with van der Waals surface area (Å²) in [5, 5.41) is 4.97. The number of thiazole rings is 1. The Balaban J connectivity index is 1.68. The first-order chi connectivity index (χ1) is 13.0. The molecule has 9 heteroatoms. The van der Waals surface area contributed by atoms with E-state index in [1.807, 2.05) is 37.3 Å². The minimum absolute atomic E-state index is 0.108. The van der Waals surface area contributed by atoms with Crippen molar-refractivity contribution in [1.29, 1.82) is 0 Å². The van der Waals surface area contributed by atoms with Crippen molar-refractivity contribution < 1.29 is 4.79 Å². The maximum atomic E-state index is 11.5. The number of carbonyl (C=O) groups excluding carboxylic acids is 1. The number of piperazine rings is 1. The second kappa shape index (κ2) is 7.07. The zero-order chi connectivity index (χ0) is 19.0. The van der Waals surface area contributed by atoms with E-state index < -0.39 is 0 Å². The minimum Gasteiger partial charge on any atom is -0.372 e. The van der Waals surface area contributed by atoms with E-state index in [2.05, 4.69) is 25.2 Å². The fraction of sp³-hybridized carbons (Fsp3) is 0.389. The first-order valence-corrected chi connectivity index (χ1v) is 9.65. The molecule has 140 valence electrons. The lowest BCUT2D eigenvalue weighted by atomic mass is 10.2. The number of carbonyl (C=O) groups is 1. The highest BCUT2D eigenvalue weighted by Gasteiger charge is 2.22.